The molecular formula is C25H21ClN2O7S. The Balaban J connectivity index is 1.70. The van der Waals surface area contributed by atoms with Crippen molar-refractivity contribution in [3.05, 3.63) is 57.5 Å². The lowest BCUT2D eigenvalue weighted by atomic mass is 10.2. The number of terminal acetylenes is 1. The van der Waals surface area contributed by atoms with E-state index in [0.29, 0.717) is 28.8 Å². The Hall–Kier alpha value is -3.94. The predicted molar refractivity (Wildman–Crippen MR) is 136 cm³/mol. The van der Waals surface area contributed by atoms with Gasteiger partial charge in [0.25, 0.3) is 11.1 Å². The van der Waals surface area contributed by atoms with Crippen molar-refractivity contribution >= 4 is 58.1 Å². The van der Waals surface area contributed by atoms with Gasteiger partial charge < -0.3 is 19.5 Å². The van der Waals surface area contributed by atoms with Crippen LogP contribution in [-0.2, 0) is 14.3 Å². The van der Waals surface area contributed by atoms with Crippen molar-refractivity contribution in [2.75, 3.05) is 32.2 Å². The molecule has 0 unspecified atom stereocenters. The highest BCUT2D eigenvalue weighted by Gasteiger charge is 2.36. The van der Waals surface area contributed by atoms with E-state index in [4.69, 9.17) is 32.2 Å². The quantitative estimate of drug-likeness (QED) is 0.293. The molecule has 36 heavy (non-hydrogen) atoms. The lowest BCUT2D eigenvalue weighted by Gasteiger charge is -2.13. The van der Waals surface area contributed by atoms with Gasteiger partial charge in [-0.05, 0) is 60.7 Å². The Morgan fingerprint density at radius 3 is 2.67 bits per heavy atom. The average molecular weight is 529 g/mol. The minimum Gasteiger partial charge on any atom is -0.493 e. The zero-order valence-electron chi connectivity index (χ0n) is 19.3. The number of methoxy groups -OCH3 is 1. The number of rotatable bonds is 9. The summed E-state index contributed by atoms with van der Waals surface area (Å²) in [5, 5.41) is 2.12. The van der Waals surface area contributed by atoms with Gasteiger partial charge in [0.2, 0.25) is 5.91 Å². The molecule has 3 amide bonds. The number of carbonyl (C=O) groups is 4. The van der Waals surface area contributed by atoms with Gasteiger partial charge in [0.15, 0.2) is 11.5 Å². The average Bonchev–Trinajstić information content (AvgIpc) is 3.11. The normalized spacial score (nSPS) is 13.9. The van der Waals surface area contributed by atoms with Crippen LogP contribution in [0.2, 0.25) is 5.02 Å². The number of esters is 1. The van der Waals surface area contributed by atoms with Gasteiger partial charge in [0.05, 0.1) is 29.2 Å². The fourth-order valence-corrected chi connectivity index (χ4v) is 4.15. The summed E-state index contributed by atoms with van der Waals surface area (Å²) in [4.78, 5) is 50.8. The number of hydrogen-bond acceptors (Lipinski definition) is 8. The summed E-state index contributed by atoms with van der Waals surface area (Å²) < 4.78 is 15.6. The van der Waals surface area contributed by atoms with E-state index in [1.807, 2.05) is 0 Å². The second-order valence-electron chi connectivity index (χ2n) is 7.13. The van der Waals surface area contributed by atoms with Gasteiger partial charge >= 0.3 is 5.97 Å². The minimum absolute atomic E-state index is 0.0663. The number of halogens is 1. The molecule has 1 aliphatic heterocycles. The van der Waals surface area contributed by atoms with Crippen molar-refractivity contribution < 1.29 is 33.4 Å². The van der Waals surface area contributed by atoms with Gasteiger partial charge in [-0.25, -0.2) is 4.79 Å². The van der Waals surface area contributed by atoms with Crippen molar-refractivity contribution in [3.63, 3.8) is 0 Å². The molecule has 186 valence electrons. The number of carbonyl (C=O) groups excluding carboxylic acids is 4. The van der Waals surface area contributed by atoms with Crippen LogP contribution in [0, 0.1) is 12.3 Å². The van der Waals surface area contributed by atoms with Crippen LogP contribution in [-0.4, -0.2) is 54.8 Å². The summed E-state index contributed by atoms with van der Waals surface area (Å²) >= 11 is 6.74. The van der Waals surface area contributed by atoms with E-state index in [-0.39, 0.29) is 34.4 Å². The van der Waals surface area contributed by atoms with Crippen LogP contribution < -0.4 is 14.8 Å². The molecule has 0 aromatic heterocycles. The smallest absolute Gasteiger partial charge is 0.339 e. The standard InChI is InChI=1S/C25H21ClN2O7S/c1-4-10-35-19-9-6-15(11-20(19)33-3)12-21-23(30)28(25(32)36-21)14-22(29)27-16-7-8-18(26)17(13-16)24(31)34-5-2/h1,6-9,11-13H,5,10,14H2,2-3H3,(H,27,29)/b21-12-. The first-order valence-electron chi connectivity index (χ1n) is 10.5. The van der Waals surface area contributed by atoms with Gasteiger partial charge in [0, 0.05) is 5.69 Å². The summed E-state index contributed by atoms with van der Waals surface area (Å²) in [6.07, 6.45) is 6.72. The van der Waals surface area contributed by atoms with Gasteiger partial charge in [0.1, 0.15) is 13.2 Å². The van der Waals surface area contributed by atoms with Crippen molar-refractivity contribution in [2.24, 2.45) is 0 Å². The maximum absolute atomic E-state index is 12.8. The first-order valence-corrected chi connectivity index (χ1v) is 11.7. The second kappa shape index (κ2) is 12.2. The van der Waals surface area contributed by atoms with E-state index in [2.05, 4.69) is 11.2 Å². The van der Waals surface area contributed by atoms with Crippen LogP contribution >= 0.6 is 23.4 Å². The molecule has 0 radical (unpaired) electrons. The third-order valence-corrected chi connectivity index (χ3v) is 5.95. The molecule has 11 heteroatoms. The van der Waals surface area contributed by atoms with E-state index in [1.54, 1.807) is 25.1 Å². The van der Waals surface area contributed by atoms with Crippen LogP contribution in [0.15, 0.2) is 41.3 Å². The molecule has 0 saturated carbocycles. The van der Waals surface area contributed by atoms with Crippen LogP contribution in [0.25, 0.3) is 6.08 Å². The molecule has 1 heterocycles. The summed E-state index contributed by atoms with van der Waals surface area (Å²) in [6.45, 7) is 1.37. The predicted octanol–water partition coefficient (Wildman–Crippen LogP) is 4.21. The molecule has 0 atom stereocenters. The number of imide groups is 1. The first-order chi connectivity index (χ1) is 17.3. The second-order valence-corrected chi connectivity index (χ2v) is 8.53. The van der Waals surface area contributed by atoms with Crippen LogP contribution in [0.3, 0.4) is 0 Å². The molecule has 1 fully saturated rings. The fourth-order valence-electron chi connectivity index (χ4n) is 3.11. The number of benzene rings is 2. The molecule has 0 aliphatic carbocycles. The summed E-state index contributed by atoms with van der Waals surface area (Å²) in [7, 11) is 1.46. The molecule has 0 spiro atoms. The Kier molecular flexibility index (Phi) is 9.00. The number of nitrogens with one attached hydrogen (secondary N) is 1. The first kappa shape index (κ1) is 26.7. The summed E-state index contributed by atoms with van der Waals surface area (Å²) in [6, 6.07) is 9.22. The number of amides is 3. The molecule has 9 nitrogen and oxygen atoms in total. The van der Waals surface area contributed by atoms with Crippen molar-refractivity contribution in [1.29, 1.82) is 0 Å². The third kappa shape index (κ3) is 6.38. The maximum atomic E-state index is 12.8. The number of anilines is 1. The zero-order chi connectivity index (χ0) is 26.2. The van der Waals surface area contributed by atoms with Crippen molar-refractivity contribution in [1.82, 2.24) is 4.90 Å². The lowest BCUT2D eigenvalue weighted by molar-refractivity contribution is -0.127. The molecule has 2 aromatic rings. The van der Waals surface area contributed by atoms with E-state index in [9.17, 15) is 19.2 Å². The largest absolute Gasteiger partial charge is 0.493 e. The number of thioether (sulfide) groups is 1. The third-order valence-electron chi connectivity index (χ3n) is 4.72. The SMILES string of the molecule is C#CCOc1ccc(/C=C2\SC(=O)N(CC(=O)Nc3ccc(Cl)c(C(=O)OCC)c3)C2=O)cc1OC. The van der Waals surface area contributed by atoms with E-state index in [0.717, 1.165) is 4.90 Å². The summed E-state index contributed by atoms with van der Waals surface area (Å²) in [5.41, 5.74) is 0.924. The molecule has 1 N–H and O–H groups in total. The molecule has 0 bridgehead atoms. The molecule has 1 saturated heterocycles. The van der Waals surface area contributed by atoms with Gasteiger partial charge in [-0.3, -0.25) is 19.3 Å². The van der Waals surface area contributed by atoms with Gasteiger partial charge in [-0.15, -0.1) is 6.42 Å². The number of ether oxygens (including phenoxy) is 3. The van der Waals surface area contributed by atoms with E-state index < -0.39 is 29.6 Å². The monoisotopic (exact) mass is 528 g/mol. The van der Waals surface area contributed by atoms with Crippen LogP contribution in [0.5, 0.6) is 11.5 Å². The van der Waals surface area contributed by atoms with Crippen molar-refractivity contribution in [3.8, 4) is 23.8 Å². The van der Waals surface area contributed by atoms with E-state index >= 15 is 0 Å². The molecule has 3 rings (SSSR count). The molecule has 2 aromatic carbocycles. The highest BCUT2D eigenvalue weighted by atomic mass is 35.5. The van der Waals surface area contributed by atoms with Crippen molar-refractivity contribution in [2.45, 2.75) is 6.92 Å². The number of hydrogen-bond donors (Lipinski definition) is 1. The van der Waals surface area contributed by atoms with Gasteiger partial charge in [-0.2, -0.15) is 0 Å². The van der Waals surface area contributed by atoms with Crippen LogP contribution in [0.4, 0.5) is 10.5 Å². The fraction of sp³-hybridized carbons (Fsp3) is 0.200. The van der Waals surface area contributed by atoms with Gasteiger partial charge in [-0.1, -0.05) is 23.6 Å². The highest BCUT2D eigenvalue weighted by molar-refractivity contribution is 8.18. The Morgan fingerprint density at radius 2 is 1.97 bits per heavy atom. The lowest BCUT2D eigenvalue weighted by Crippen LogP contribution is -2.36. The maximum Gasteiger partial charge on any atom is 0.339 e. The summed E-state index contributed by atoms with van der Waals surface area (Å²) in [5.74, 6) is 1.32. The Bertz CT molecular complexity index is 1290. The molecule has 1 aliphatic rings. The topological polar surface area (TPSA) is 111 Å². The Labute approximate surface area is 216 Å². The minimum atomic E-state index is -0.637. The Morgan fingerprint density at radius 1 is 1.19 bits per heavy atom. The zero-order valence-corrected chi connectivity index (χ0v) is 20.9. The number of nitrogens with zero attached hydrogens (tertiary/aromatic N) is 1. The molecular weight excluding hydrogens is 508 g/mol. The van der Waals surface area contributed by atoms with Crippen LogP contribution in [0.1, 0.15) is 22.8 Å². The highest BCUT2D eigenvalue weighted by Crippen LogP contribution is 2.34. The van der Waals surface area contributed by atoms with E-state index in [1.165, 1.54) is 31.4 Å².